The monoisotopic (exact) mass is 255 g/mol. The Hall–Kier alpha value is -1.86. The zero-order valence-electron chi connectivity index (χ0n) is 10.8. The molecule has 0 saturated carbocycles. The lowest BCUT2D eigenvalue weighted by Crippen LogP contribution is -2.44. The summed E-state index contributed by atoms with van der Waals surface area (Å²) in [6.07, 6.45) is 2.08. The summed E-state index contributed by atoms with van der Waals surface area (Å²) in [6, 6.07) is 10.2. The molecule has 19 heavy (non-hydrogen) atoms. The first-order chi connectivity index (χ1) is 9.28. The summed E-state index contributed by atoms with van der Waals surface area (Å²) in [4.78, 5) is 14.1. The van der Waals surface area contributed by atoms with Crippen molar-refractivity contribution in [1.29, 1.82) is 5.26 Å². The summed E-state index contributed by atoms with van der Waals surface area (Å²) in [5, 5.41) is 11.9. The van der Waals surface area contributed by atoms with Crippen LogP contribution in [-0.2, 0) is 11.3 Å². The van der Waals surface area contributed by atoms with E-state index in [1.54, 1.807) is 0 Å². The fourth-order valence-corrected chi connectivity index (χ4v) is 3.21. The van der Waals surface area contributed by atoms with Gasteiger partial charge in [-0.25, -0.2) is 0 Å². The molecule has 2 aliphatic heterocycles. The van der Waals surface area contributed by atoms with Gasteiger partial charge >= 0.3 is 0 Å². The summed E-state index contributed by atoms with van der Waals surface area (Å²) in [7, 11) is 0. The normalized spacial score (nSPS) is 26.6. The Kier molecular flexibility index (Phi) is 3.22. The van der Waals surface area contributed by atoms with Crippen LogP contribution in [0.5, 0.6) is 0 Å². The zero-order valence-corrected chi connectivity index (χ0v) is 10.8. The molecule has 1 aromatic carbocycles. The van der Waals surface area contributed by atoms with Gasteiger partial charge in [-0.2, -0.15) is 5.26 Å². The van der Waals surface area contributed by atoms with Crippen LogP contribution >= 0.6 is 0 Å². The fraction of sp³-hybridized carbons (Fsp3) is 0.467. The molecule has 0 spiro atoms. The van der Waals surface area contributed by atoms with Gasteiger partial charge in [-0.05, 0) is 37.1 Å². The number of nitrogens with one attached hydrogen (secondary N) is 1. The average molecular weight is 255 g/mol. The highest BCUT2D eigenvalue weighted by Crippen LogP contribution is 2.28. The van der Waals surface area contributed by atoms with Crippen molar-refractivity contribution in [2.24, 2.45) is 5.92 Å². The third kappa shape index (κ3) is 2.34. The number of hydrogen-bond donors (Lipinski definition) is 1. The molecule has 0 aliphatic carbocycles. The number of rotatable bonds is 2. The topological polar surface area (TPSA) is 56.1 Å². The third-order valence-electron chi connectivity index (χ3n) is 4.16. The minimum absolute atomic E-state index is 0.160. The third-order valence-corrected chi connectivity index (χ3v) is 4.16. The van der Waals surface area contributed by atoms with Crippen LogP contribution in [0.25, 0.3) is 0 Å². The number of carbonyl (C=O) groups excluding carboxylic acids is 1. The highest BCUT2D eigenvalue weighted by Gasteiger charge is 2.40. The summed E-state index contributed by atoms with van der Waals surface area (Å²) < 4.78 is 0. The Balaban J connectivity index is 1.75. The van der Waals surface area contributed by atoms with Gasteiger partial charge in [0.15, 0.2) is 0 Å². The molecule has 1 aromatic rings. The fourth-order valence-electron chi connectivity index (χ4n) is 3.21. The number of benzene rings is 1. The molecular formula is C15H17N3O. The van der Waals surface area contributed by atoms with Gasteiger partial charge in [0, 0.05) is 19.1 Å². The van der Waals surface area contributed by atoms with E-state index in [4.69, 9.17) is 5.26 Å². The van der Waals surface area contributed by atoms with Crippen LogP contribution < -0.4 is 5.32 Å². The molecule has 0 aromatic heterocycles. The van der Waals surface area contributed by atoms with Crippen LogP contribution in [0.1, 0.15) is 24.0 Å². The first-order valence-electron chi connectivity index (χ1n) is 6.79. The van der Waals surface area contributed by atoms with E-state index in [2.05, 4.69) is 22.4 Å². The average Bonchev–Trinajstić information content (AvgIpc) is 2.82. The predicted molar refractivity (Wildman–Crippen MR) is 71.1 cm³/mol. The van der Waals surface area contributed by atoms with E-state index in [1.165, 1.54) is 0 Å². The van der Waals surface area contributed by atoms with Crippen LogP contribution in [0.3, 0.4) is 0 Å². The van der Waals surface area contributed by atoms with Crippen LogP contribution in [0.15, 0.2) is 24.3 Å². The Morgan fingerprint density at radius 1 is 1.47 bits per heavy atom. The van der Waals surface area contributed by atoms with Crippen molar-refractivity contribution >= 4 is 5.91 Å². The van der Waals surface area contributed by atoms with Crippen LogP contribution in [0, 0.1) is 17.2 Å². The van der Waals surface area contributed by atoms with E-state index < -0.39 is 0 Å². The van der Waals surface area contributed by atoms with E-state index in [9.17, 15) is 4.79 Å². The Bertz CT molecular complexity index is 534. The number of piperidine rings is 1. The molecular weight excluding hydrogens is 238 g/mol. The SMILES string of the molecule is N#Cc1cccc(CN2CCCC3C(=O)NCC32)c1. The van der Waals surface area contributed by atoms with Gasteiger partial charge in [-0.3, -0.25) is 9.69 Å². The highest BCUT2D eigenvalue weighted by molar-refractivity contribution is 5.82. The molecule has 4 nitrogen and oxygen atoms in total. The molecule has 98 valence electrons. The molecule has 0 bridgehead atoms. The molecule has 2 atom stereocenters. The number of hydrogen-bond acceptors (Lipinski definition) is 3. The highest BCUT2D eigenvalue weighted by atomic mass is 16.2. The number of nitriles is 1. The quantitative estimate of drug-likeness (QED) is 0.865. The van der Waals surface area contributed by atoms with Crippen molar-refractivity contribution in [3.8, 4) is 6.07 Å². The summed E-state index contributed by atoms with van der Waals surface area (Å²) in [6.45, 7) is 2.62. The second-order valence-corrected chi connectivity index (χ2v) is 5.34. The van der Waals surface area contributed by atoms with Gasteiger partial charge in [-0.1, -0.05) is 12.1 Å². The van der Waals surface area contributed by atoms with Gasteiger partial charge in [0.1, 0.15) is 0 Å². The van der Waals surface area contributed by atoms with Crippen molar-refractivity contribution in [3.63, 3.8) is 0 Å². The Morgan fingerprint density at radius 3 is 3.21 bits per heavy atom. The maximum absolute atomic E-state index is 11.7. The number of carbonyl (C=O) groups is 1. The van der Waals surface area contributed by atoms with Crippen LogP contribution in [-0.4, -0.2) is 29.9 Å². The zero-order chi connectivity index (χ0) is 13.2. The maximum atomic E-state index is 11.7. The number of fused-ring (bicyclic) bond motifs is 1. The van der Waals surface area contributed by atoms with Gasteiger partial charge in [0.25, 0.3) is 0 Å². The number of amides is 1. The molecule has 0 radical (unpaired) electrons. The lowest BCUT2D eigenvalue weighted by molar-refractivity contribution is -0.124. The molecule has 4 heteroatoms. The van der Waals surface area contributed by atoms with Crippen molar-refractivity contribution in [3.05, 3.63) is 35.4 Å². The minimum Gasteiger partial charge on any atom is -0.354 e. The van der Waals surface area contributed by atoms with Crippen molar-refractivity contribution in [2.75, 3.05) is 13.1 Å². The molecule has 2 fully saturated rings. The summed E-state index contributed by atoms with van der Waals surface area (Å²) in [5.41, 5.74) is 1.85. The van der Waals surface area contributed by atoms with Crippen LogP contribution in [0.4, 0.5) is 0 Å². The number of nitrogens with zero attached hydrogens (tertiary/aromatic N) is 2. The van der Waals surface area contributed by atoms with Gasteiger partial charge in [0.05, 0.1) is 17.6 Å². The molecule has 3 rings (SSSR count). The first kappa shape index (κ1) is 12.2. The predicted octanol–water partition coefficient (Wildman–Crippen LogP) is 1.27. The Morgan fingerprint density at radius 2 is 2.37 bits per heavy atom. The molecule has 2 heterocycles. The van der Waals surface area contributed by atoms with Crippen molar-refractivity contribution in [1.82, 2.24) is 10.2 Å². The number of likely N-dealkylation sites (tertiary alicyclic amines) is 1. The second-order valence-electron chi connectivity index (χ2n) is 5.34. The molecule has 2 saturated heterocycles. The molecule has 1 N–H and O–H groups in total. The maximum Gasteiger partial charge on any atom is 0.224 e. The van der Waals surface area contributed by atoms with E-state index in [-0.39, 0.29) is 11.8 Å². The molecule has 2 unspecified atom stereocenters. The lowest BCUT2D eigenvalue weighted by atomic mass is 9.91. The van der Waals surface area contributed by atoms with Crippen LogP contribution in [0.2, 0.25) is 0 Å². The summed E-state index contributed by atoms with van der Waals surface area (Å²) >= 11 is 0. The Labute approximate surface area is 113 Å². The molecule has 2 aliphatic rings. The van der Waals surface area contributed by atoms with Gasteiger partial charge in [0.2, 0.25) is 5.91 Å². The smallest absolute Gasteiger partial charge is 0.224 e. The van der Waals surface area contributed by atoms with Gasteiger partial charge < -0.3 is 5.32 Å². The van der Waals surface area contributed by atoms with Gasteiger partial charge in [-0.15, -0.1) is 0 Å². The first-order valence-corrected chi connectivity index (χ1v) is 6.79. The lowest BCUT2D eigenvalue weighted by Gasteiger charge is -2.35. The van der Waals surface area contributed by atoms with E-state index in [0.717, 1.165) is 38.0 Å². The standard InChI is InChI=1S/C15H17N3O/c16-8-11-3-1-4-12(7-11)10-18-6-2-5-13-14(18)9-17-15(13)19/h1,3-4,7,13-14H,2,5-6,9-10H2,(H,17,19). The van der Waals surface area contributed by atoms with E-state index in [1.807, 2.05) is 18.2 Å². The minimum atomic E-state index is 0.160. The van der Waals surface area contributed by atoms with E-state index >= 15 is 0 Å². The second kappa shape index (κ2) is 5.02. The summed E-state index contributed by atoms with van der Waals surface area (Å²) in [5.74, 6) is 0.369. The largest absolute Gasteiger partial charge is 0.354 e. The van der Waals surface area contributed by atoms with Crippen molar-refractivity contribution < 1.29 is 4.79 Å². The van der Waals surface area contributed by atoms with Crippen molar-refractivity contribution in [2.45, 2.75) is 25.4 Å². The molecule has 1 amide bonds. The van der Waals surface area contributed by atoms with E-state index in [0.29, 0.717) is 11.6 Å².